The molecule has 0 bridgehead atoms. The Balaban J connectivity index is 2.13. The number of rotatable bonds is 2. The molecule has 1 nitrogen and oxygen atoms in total. The van der Waals surface area contributed by atoms with Gasteiger partial charge < -0.3 is 0 Å². The molecule has 0 N–H and O–H groups in total. The Labute approximate surface area is 103 Å². The molecule has 1 unspecified atom stereocenters. The van der Waals surface area contributed by atoms with E-state index in [-0.39, 0.29) is 11.7 Å². The molecule has 0 aromatic heterocycles. The molecule has 3 heteroatoms. The van der Waals surface area contributed by atoms with Crippen LogP contribution in [0.15, 0.2) is 22.7 Å². The number of carbonyl (C=O) groups excluding carboxylic acids is 1. The number of hydrogen-bond donors (Lipinski definition) is 0. The van der Waals surface area contributed by atoms with Crippen LogP contribution in [0.4, 0.5) is 4.39 Å². The van der Waals surface area contributed by atoms with Gasteiger partial charge in [0.15, 0.2) is 0 Å². The van der Waals surface area contributed by atoms with Crippen molar-refractivity contribution in [2.24, 2.45) is 5.92 Å². The zero-order valence-electron chi connectivity index (χ0n) is 9.01. The first-order valence-corrected chi connectivity index (χ1v) is 6.43. The summed E-state index contributed by atoms with van der Waals surface area (Å²) in [6.07, 6.45) is 4.21. The zero-order chi connectivity index (χ0) is 11.5. The predicted molar refractivity (Wildman–Crippen MR) is 64.8 cm³/mol. The molecule has 0 radical (unpaired) electrons. The maximum absolute atomic E-state index is 13.5. The maximum atomic E-state index is 13.5. The summed E-state index contributed by atoms with van der Waals surface area (Å²) in [6, 6.07) is 4.91. The second-order valence-corrected chi connectivity index (χ2v) is 5.26. The van der Waals surface area contributed by atoms with Gasteiger partial charge in [-0.05, 0) is 43.0 Å². The van der Waals surface area contributed by atoms with Crippen molar-refractivity contribution < 1.29 is 9.18 Å². The SMILES string of the molecule is O=C1CCCCC1Cc1cc(Br)ccc1F. The summed E-state index contributed by atoms with van der Waals surface area (Å²) >= 11 is 3.32. The molecule has 0 heterocycles. The fourth-order valence-corrected chi connectivity index (χ4v) is 2.64. The van der Waals surface area contributed by atoms with E-state index in [1.165, 1.54) is 6.07 Å². The minimum Gasteiger partial charge on any atom is -0.299 e. The van der Waals surface area contributed by atoms with E-state index in [0.29, 0.717) is 24.2 Å². The van der Waals surface area contributed by atoms with Crippen molar-refractivity contribution in [2.75, 3.05) is 0 Å². The largest absolute Gasteiger partial charge is 0.299 e. The van der Waals surface area contributed by atoms with Crippen molar-refractivity contribution in [1.29, 1.82) is 0 Å². The highest BCUT2D eigenvalue weighted by Gasteiger charge is 2.23. The standard InChI is InChI=1S/C13H14BrFO/c14-11-5-6-12(15)10(8-11)7-9-3-1-2-4-13(9)16/h5-6,8-9H,1-4,7H2. The molecule has 1 aromatic rings. The molecule has 0 spiro atoms. The summed E-state index contributed by atoms with van der Waals surface area (Å²) in [5, 5.41) is 0. The van der Waals surface area contributed by atoms with Crippen LogP contribution < -0.4 is 0 Å². The average Bonchev–Trinajstić information content (AvgIpc) is 2.27. The summed E-state index contributed by atoms with van der Waals surface area (Å²) in [6.45, 7) is 0. The van der Waals surface area contributed by atoms with Crippen LogP contribution in [0.25, 0.3) is 0 Å². The van der Waals surface area contributed by atoms with Crippen LogP contribution in [-0.2, 0) is 11.2 Å². The van der Waals surface area contributed by atoms with Gasteiger partial charge in [0.05, 0.1) is 0 Å². The monoisotopic (exact) mass is 284 g/mol. The first-order valence-electron chi connectivity index (χ1n) is 5.63. The lowest BCUT2D eigenvalue weighted by Crippen LogP contribution is -2.21. The quantitative estimate of drug-likeness (QED) is 0.805. The summed E-state index contributed by atoms with van der Waals surface area (Å²) in [5.74, 6) is 0.116. The Morgan fingerprint density at radius 2 is 2.19 bits per heavy atom. The first-order chi connectivity index (χ1) is 7.66. The Hall–Kier alpha value is -0.700. The Bertz CT molecular complexity index is 403. The van der Waals surface area contributed by atoms with Crippen LogP contribution in [0.1, 0.15) is 31.2 Å². The second kappa shape index (κ2) is 5.09. The van der Waals surface area contributed by atoms with Gasteiger partial charge in [-0.3, -0.25) is 4.79 Å². The van der Waals surface area contributed by atoms with Gasteiger partial charge in [0, 0.05) is 16.8 Å². The van der Waals surface area contributed by atoms with Crippen LogP contribution in [0.5, 0.6) is 0 Å². The Kier molecular flexibility index (Phi) is 3.74. The molecule has 1 saturated carbocycles. The minimum atomic E-state index is -0.207. The van der Waals surface area contributed by atoms with Crippen LogP contribution in [0.2, 0.25) is 0 Å². The normalized spacial score (nSPS) is 21.1. The number of Topliss-reactive ketones (excluding diaryl/α,β-unsaturated/α-hetero) is 1. The van der Waals surface area contributed by atoms with Gasteiger partial charge in [0.1, 0.15) is 11.6 Å². The predicted octanol–water partition coefficient (Wildman–Crippen LogP) is 3.89. The molecule has 0 amide bonds. The van der Waals surface area contributed by atoms with Crippen LogP contribution in [0.3, 0.4) is 0 Å². The first kappa shape index (κ1) is 11.8. The van der Waals surface area contributed by atoms with E-state index in [1.807, 2.05) is 0 Å². The summed E-state index contributed by atoms with van der Waals surface area (Å²) in [7, 11) is 0. The highest BCUT2D eigenvalue weighted by atomic mass is 79.9. The molecule has 86 valence electrons. The molecular formula is C13H14BrFO. The van der Waals surface area contributed by atoms with Gasteiger partial charge in [-0.1, -0.05) is 22.4 Å². The third-order valence-corrected chi connectivity index (χ3v) is 3.65. The van der Waals surface area contributed by atoms with E-state index in [4.69, 9.17) is 0 Å². The van der Waals surface area contributed by atoms with Gasteiger partial charge in [0.2, 0.25) is 0 Å². The summed E-state index contributed by atoms with van der Waals surface area (Å²) in [4.78, 5) is 11.7. The minimum absolute atomic E-state index is 0.0255. The molecule has 1 aromatic carbocycles. The smallest absolute Gasteiger partial charge is 0.136 e. The summed E-state index contributed by atoms with van der Waals surface area (Å²) < 4.78 is 14.4. The highest BCUT2D eigenvalue weighted by Crippen LogP contribution is 2.26. The number of halogens is 2. The van der Waals surface area contributed by atoms with E-state index in [9.17, 15) is 9.18 Å². The Morgan fingerprint density at radius 1 is 1.38 bits per heavy atom. The topological polar surface area (TPSA) is 17.1 Å². The lowest BCUT2D eigenvalue weighted by Gasteiger charge is -2.20. The maximum Gasteiger partial charge on any atom is 0.136 e. The molecule has 0 saturated heterocycles. The molecular weight excluding hydrogens is 271 g/mol. The summed E-state index contributed by atoms with van der Waals surface area (Å²) in [5.41, 5.74) is 0.648. The van der Waals surface area contributed by atoms with Gasteiger partial charge >= 0.3 is 0 Å². The van der Waals surface area contributed by atoms with Crippen LogP contribution in [-0.4, -0.2) is 5.78 Å². The number of ketones is 1. The highest BCUT2D eigenvalue weighted by molar-refractivity contribution is 9.10. The van der Waals surface area contributed by atoms with E-state index < -0.39 is 0 Å². The van der Waals surface area contributed by atoms with E-state index in [0.717, 1.165) is 23.7 Å². The van der Waals surface area contributed by atoms with E-state index in [1.54, 1.807) is 12.1 Å². The van der Waals surface area contributed by atoms with Crippen LogP contribution >= 0.6 is 15.9 Å². The molecule has 1 aliphatic rings. The Morgan fingerprint density at radius 3 is 2.94 bits per heavy atom. The second-order valence-electron chi connectivity index (χ2n) is 4.35. The van der Waals surface area contributed by atoms with Crippen molar-refractivity contribution in [3.63, 3.8) is 0 Å². The molecule has 16 heavy (non-hydrogen) atoms. The zero-order valence-corrected chi connectivity index (χ0v) is 10.6. The van der Waals surface area contributed by atoms with Gasteiger partial charge in [0.25, 0.3) is 0 Å². The van der Waals surface area contributed by atoms with Gasteiger partial charge in [-0.15, -0.1) is 0 Å². The van der Waals surface area contributed by atoms with Gasteiger partial charge in [-0.2, -0.15) is 0 Å². The average molecular weight is 285 g/mol. The van der Waals surface area contributed by atoms with Crippen molar-refractivity contribution in [1.82, 2.24) is 0 Å². The van der Waals surface area contributed by atoms with Crippen molar-refractivity contribution in [3.05, 3.63) is 34.1 Å². The fourth-order valence-electron chi connectivity index (χ4n) is 2.24. The third kappa shape index (κ3) is 2.70. The number of hydrogen-bond acceptors (Lipinski definition) is 1. The molecule has 1 atom stereocenters. The number of carbonyl (C=O) groups is 1. The third-order valence-electron chi connectivity index (χ3n) is 3.16. The van der Waals surface area contributed by atoms with Crippen molar-refractivity contribution in [2.45, 2.75) is 32.1 Å². The van der Waals surface area contributed by atoms with Gasteiger partial charge in [-0.25, -0.2) is 4.39 Å². The molecule has 0 aliphatic heterocycles. The number of benzene rings is 1. The molecule has 1 aliphatic carbocycles. The lowest BCUT2D eigenvalue weighted by molar-refractivity contribution is -0.124. The van der Waals surface area contributed by atoms with Crippen molar-refractivity contribution >= 4 is 21.7 Å². The lowest BCUT2D eigenvalue weighted by atomic mass is 9.84. The van der Waals surface area contributed by atoms with E-state index >= 15 is 0 Å². The molecule has 2 rings (SSSR count). The van der Waals surface area contributed by atoms with Crippen molar-refractivity contribution in [3.8, 4) is 0 Å². The van der Waals surface area contributed by atoms with E-state index in [2.05, 4.69) is 15.9 Å². The molecule has 1 fully saturated rings. The van der Waals surface area contributed by atoms with Crippen LogP contribution in [0, 0.1) is 11.7 Å². The fraction of sp³-hybridized carbons (Fsp3) is 0.462.